The molecule has 0 unspecified atom stereocenters. The second-order valence-electron chi connectivity index (χ2n) is 10.1. The summed E-state index contributed by atoms with van der Waals surface area (Å²) in [5, 5.41) is 23.7. The third kappa shape index (κ3) is 4.12. The van der Waals surface area contributed by atoms with E-state index < -0.39 is 58.5 Å². The minimum Gasteiger partial charge on any atom is -0.456 e. The number of carbonyl (C=O) groups is 4. The quantitative estimate of drug-likeness (QED) is 0.287. The van der Waals surface area contributed by atoms with Gasteiger partial charge in [0.2, 0.25) is 5.60 Å². The van der Waals surface area contributed by atoms with Crippen molar-refractivity contribution in [3.05, 3.63) is 23.3 Å². The first kappa shape index (κ1) is 27.8. The lowest BCUT2D eigenvalue weighted by molar-refractivity contribution is -0.324. The van der Waals surface area contributed by atoms with Gasteiger partial charge in [0.25, 0.3) is 0 Å². The second kappa shape index (κ2) is 9.28. The van der Waals surface area contributed by atoms with Crippen molar-refractivity contribution in [1.29, 1.82) is 0 Å². The molecule has 0 radical (unpaired) electrons. The average Bonchev–Trinajstić information content (AvgIpc) is 3.04. The van der Waals surface area contributed by atoms with Gasteiger partial charge >= 0.3 is 23.9 Å². The molecule has 3 aliphatic rings. The number of ether oxygens (including phenoxy) is 5. The van der Waals surface area contributed by atoms with E-state index in [1.54, 1.807) is 6.92 Å². The summed E-state index contributed by atoms with van der Waals surface area (Å²) in [7, 11) is 0. The molecule has 1 spiro atoms. The van der Waals surface area contributed by atoms with Gasteiger partial charge in [0.15, 0.2) is 11.7 Å². The maximum Gasteiger partial charge on any atom is 0.337 e. The van der Waals surface area contributed by atoms with Crippen molar-refractivity contribution in [3.63, 3.8) is 0 Å². The molecule has 0 aromatic rings. The van der Waals surface area contributed by atoms with Crippen molar-refractivity contribution in [2.75, 3.05) is 13.2 Å². The Labute approximate surface area is 209 Å². The summed E-state index contributed by atoms with van der Waals surface area (Å²) in [6.07, 6.45) is -3.47. The number of aliphatic hydroxyl groups is 2. The van der Waals surface area contributed by atoms with Gasteiger partial charge in [-0.3, -0.25) is 9.59 Å². The molecular formula is C25H34O11. The Morgan fingerprint density at radius 3 is 2.25 bits per heavy atom. The van der Waals surface area contributed by atoms with Crippen molar-refractivity contribution < 1.29 is 53.1 Å². The Morgan fingerprint density at radius 1 is 1.08 bits per heavy atom. The van der Waals surface area contributed by atoms with Crippen LogP contribution in [0, 0.1) is 0 Å². The Balaban J connectivity index is 2.40. The summed E-state index contributed by atoms with van der Waals surface area (Å²) in [5.41, 5.74) is -8.02. The molecule has 2 aliphatic carbocycles. The van der Waals surface area contributed by atoms with E-state index in [1.807, 2.05) is 0 Å². The molecule has 0 aromatic carbocycles. The molecule has 200 valence electrons. The standard InChI is InChI=1S/C25H34O11/c1-8-32-12-16-18-17(34-19(28)13(2)3)11-23(7,35-15(5)27)24(31)10-9-22(6,30)21(33-14(4)26)25(18,24)36-20(16)29/h17,21,30-31H,2,8-12H2,1,3-7H3/t17-,21-,22+,23+,24-,25+/m1/s1. The molecule has 11 nitrogen and oxygen atoms in total. The topological polar surface area (TPSA) is 155 Å². The van der Waals surface area contributed by atoms with Crippen LogP contribution in [0.4, 0.5) is 0 Å². The van der Waals surface area contributed by atoms with Gasteiger partial charge in [0.05, 0.1) is 12.2 Å². The molecule has 6 atom stereocenters. The van der Waals surface area contributed by atoms with E-state index in [2.05, 4.69) is 6.58 Å². The molecule has 11 heteroatoms. The Morgan fingerprint density at radius 2 is 1.72 bits per heavy atom. The zero-order valence-electron chi connectivity index (χ0n) is 21.5. The number of rotatable bonds is 7. The monoisotopic (exact) mass is 510 g/mol. The highest BCUT2D eigenvalue weighted by Crippen LogP contribution is 2.63. The van der Waals surface area contributed by atoms with E-state index in [0.717, 1.165) is 13.8 Å². The van der Waals surface area contributed by atoms with E-state index in [0.29, 0.717) is 0 Å². The van der Waals surface area contributed by atoms with Crippen LogP contribution in [-0.4, -0.2) is 81.9 Å². The van der Waals surface area contributed by atoms with Crippen molar-refractivity contribution in [2.24, 2.45) is 0 Å². The van der Waals surface area contributed by atoms with Crippen LogP contribution in [0.1, 0.15) is 60.8 Å². The average molecular weight is 511 g/mol. The van der Waals surface area contributed by atoms with Crippen molar-refractivity contribution in [2.45, 2.75) is 95.4 Å². The van der Waals surface area contributed by atoms with Crippen LogP contribution in [0.25, 0.3) is 0 Å². The van der Waals surface area contributed by atoms with Gasteiger partial charge in [-0.1, -0.05) is 6.58 Å². The van der Waals surface area contributed by atoms with Crippen LogP contribution in [0.2, 0.25) is 0 Å². The fourth-order valence-electron chi connectivity index (χ4n) is 5.71. The molecule has 2 N–H and O–H groups in total. The van der Waals surface area contributed by atoms with Gasteiger partial charge in [-0.15, -0.1) is 0 Å². The Kier molecular flexibility index (Phi) is 7.17. The van der Waals surface area contributed by atoms with Crippen molar-refractivity contribution in [1.82, 2.24) is 0 Å². The zero-order chi connectivity index (χ0) is 27.3. The Bertz CT molecular complexity index is 1030. The second-order valence-corrected chi connectivity index (χ2v) is 10.1. The molecule has 0 amide bonds. The number of carbonyl (C=O) groups excluding carboxylic acids is 4. The highest BCUT2D eigenvalue weighted by atomic mass is 16.6. The van der Waals surface area contributed by atoms with Gasteiger partial charge in [-0.25, -0.2) is 9.59 Å². The minimum absolute atomic E-state index is 0.00565. The number of esters is 4. The maximum atomic E-state index is 13.3. The van der Waals surface area contributed by atoms with E-state index in [4.69, 9.17) is 23.7 Å². The van der Waals surface area contributed by atoms with Gasteiger partial charge in [0, 0.05) is 38.0 Å². The van der Waals surface area contributed by atoms with E-state index in [9.17, 15) is 29.4 Å². The fraction of sp³-hybridized carbons (Fsp3) is 0.680. The lowest BCUT2D eigenvalue weighted by Gasteiger charge is -2.63. The largest absolute Gasteiger partial charge is 0.456 e. The Hall–Kier alpha value is -2.76. The number of hydrogen-bond donors (Lipinski definition) is 2. The first-order valence-electron chi connectivity index (χ1n) is 11.8. The highest BCUT2D eigenvalue weighted by Gasteiger charge is 2.81. The summed E-state index contributed by atoms with van der Waals surface area (Å²) in [6, 6.07) is 0. The van der Waals surface area contributed by atoms with Crippen LogP contribution >= 0.6 is 0 Å². The minimum atomic E-state index is -2.26. The predicted molar refractivity (Wildman–Crippen MR) is 122 cm³/mol. The summed E-state index contributed by atoms with van der Waals surface area (Å²) in [6.45, 7) is 11.8. The zero-order valence-corrected chi connectivity index (χ0v) is 21.5. The number of hydrogen-bond acceptors (Lipinski definition) is 11. The fourth-order valence-corrected chi connectivity index (χ4v) is 5.71. The smallest absolute Gasteiger partial charge is 0.337 e. The van der Waals surface area contributed by atoms with Crippen LogP contribution < -0.4 is 0 Å². The van der Waals surface area contributed by atoms with Crippen molar-refractivity contribution in [3.8, 4) is 0 Å². The molecule has 1 heterocycles. The summed E-state index contributed by atoms with van der Waals surface area (Å²) in [5.74, 6) is -3.28. The summed E-state index contributed by atoms with van der Waals surface area (Å²) in [4.78, 5) is 50.4. The van der Waals surface area contributed by atoms with Gasteiger partial charge in [-0.2, -0.15) is 0 Å². The summed E-state index contributed by atoms with van der Waals surface area (Å²) < 4.78 is 28.2. The van der Waals surface area contributed by atoms with Crippen LogP contribution in [0.15, 0.2) is 23.3 Å². The lowest BCUT2D eigenvalue weighted by Crippen LogP contribution is -2.82. The molecule has 2 fully saturated rings. The molecule has 2 saturated carbocycles. The van der Waals surface area contributed by atoms with Crippen LogP contribution in [0.5, 0.6) is 0 Å². The van der Waals surface area contributed by atoms with Gasteiger partial charge in [0.1, 0.15) is 17.3 Å². The third-order valence-corrected chi connectivity index (χ3v) is 7.24. The first-order chi connectivity index (χ1) is 16.6. The van der Waals surface area contributed by atoms with Crippen LogP contribution in [-0.2, 0) is 42.9 Å². The molecular weight excluding hydrogens is 476 g/mol. The first-order valence-corrected chi connectivity index (χ1v) is 11.8. The summed E-state index contributed by atoms with van der Waals surface area (Å²) >= 11 is 0. The van der Waals surface area contributed by atoms with E-state index >= 15 is 0 Å². The molecule has 3 rings (SSSR count). The third-order valence-electron chi connectivity index (χ3n) is 7.24. The predicted octanol–water partition coefficient (Wildman–Crippen LogP) is 1.04. The van der Waals surface area contributed by atoms with Gasteiger partial charge < -0.3 is 33.9 Å². The maximum absolute atomic E-state index is 13.3. The molecule has 0 bridgehead atoms. The van der Waals surface area contributed by atoms with E-state index in [-0.39, 0.29) is 49.2 Å². The van der Waals surface area contributed by atoms with Crippen molar-refractivity contribution >= 4 is 23.9 Å². The van der Waals surface area contributed by atoms with Crippen LogP contribution in [0.3, 0.4) is 0 Å². The van der Waals surface area contributed by atoms with Gasteiger partial charge in [-0.05, 0) is 40.5 Å². The molecule has 0 aromatic heterocycles. The highest BCUT2D eigenvalue weighted by molar-refractivity contribution is 5.95. The normalized spacial score (nSPS) is 37.4. The lowest BCUT2D eigenvalue weighted by atomic mass is 9.51. The molecule has 1 aliphatic heterocycles. The SMILES string of the molecule is C=C(C)C(=O)O[C@@H]1C[C@](C)(OC(C)=O)[C@]2(O)CC[C@](C)(O)[C@@H](OC(C)=O)[C@]23OC(=O)C(COCC)=C13. The van der Waals surface area contributed by atoms with E-state index in [1.165, 1.54) is 20.8 Å². The molecule has 36 heavy (non-hydrogen) atoms. The molecule has 0 saturated heterocycles.